The highest BCUT2D eigenvalue weighted by Crippen LogP contribution is 2.12. The third-order valence-electron chi connectivity index (χ3n) is 3.11. The van der Waals surface area contributed by atoms with E-state index in [1.54, 1.807) is 0 Å². The molecule has 1 heterocycles. The van der Waals surface area contributed by atoms with Crippen LogP contribution in [0, 0.1) is 0 Å². The molecule has 1 rings (SSSR count). The van der Waals surface area contributed by atoms with Gasteiger partial charge in [-0.1, -0.05) is 25.2 Å². The summed E-state index contributed by atoms with van der Waals surface area (Å²) in [5, 5.41) is 0. The van der Waals surface area contributed by atoms with Gasteiger partial charge >= 0.3 is 0 Å². The quantitative estimate of drug-likeness (QED) is 0.515. The minimum Gasteiger partial charge on any atom is -0.369 e. The SMILES string of the molecule is C=CC/C=C(\C=C/C)N1CCN(CCC)CC1. The molecule has 1 aliphatic heterocycles. The predicted octanol–water partition coefficient (Wildman–Crippen LogP) is 3.05. The average molecular weight is 234 g/mol. The third kappa shape index (κ3) is 4.78. The Balaban J connectivity index is 2.51. The number of nitrogens with zero attached hydrogens (tertiary/aromatic N) is 2. The zero-order chi connectivity index (χ0) is 12.5. The standard InChI is InChI=1S/C15H26N2/c1-4-7-9-15(8-5-2)17-13-11-16(10-6-3)12-14-17/h4-5,8-9H,1,6-7,10-14H2,2-3H3/b8-5-,15-9+. The molecule has 1 saturated heterocycles. The fourth-order valence-electron chi connectivity index (χ4n) is 2.22. The second kappa shape index (κ2) is 8.13. The topological polar surface area (TPSA) is 6.48 Å². The van der Waals surface area contributed by atoms with Gasteiger partial charge in [-0.2, -0.15) is 0 Å². The van der Waals surface area contributed by atoms with Gasteiger partial charge in [0.1, 0.15) is 0 Å². The highest BCUT2D eigenvalue weighted by Gasteiger charge is 2.16. The van der Waals surface area contributed by atoms with Crippen LogP contribution >= 0.6 is 0 Å². The van der Waals surface area contributed by atoms with Crippen LogP contribution in [0.2, 0.25) is 0 Å². The molecule has 1 aliphatic rings. The van der Waals surface area contributed by atoms with E-state index in [1.165, 1.54) is 31.8 Å². The van der Waals surface area contributed by atoms with Crippen molar-refractivity contribution in [2.45, 2.75) is 26.7 Å². The Morgan fingerprint density at radius 3 is 2.47 bits per heavy atom. The van der Waals surface area contributed by atoms with Crippen LogP contribution in [-0.2, 0) is 0 Å². The van der Waals surface area contributed by atoms with Gasteiger partial charge < -0.3 is 4.90 Å². The molecule has 0 aliphatic carbocycles. The largest absolute Gasteiger partial charge is 0.369 e. The Morgan fingerprint density at radius 1 is 1.24 bits per heavy atom. The summed E-state index contributed by atoms with van der Waals surface area (Å²) in [5.74, 6) is 0. The first-order valence-electron chi connectivity index (χ1n) is 6.72. The van der Waals surface area contributed by atoms with Crippen molar-refractivity contribution in [2.24, 2.45) is 0 Å². The molecule has 2 heteroatoms. The highest BCUT2D eigenvalue weighted by atomic mass is 15.3. The molecule has 0 aromatic rings. The molecule has 2 nitrogen and oxygen atoms in total. The zero-order valence-electron chi connectivity index (χ0n) is 11.4. The van der Waals surface area contributed by atoms with Crippen molar-refractivity contribution in [3.05, 3.63) is 36.6 Å². The molecule has 0 aromatic heterocycles. The van der Waals surface area contributed by atoms with Crippen molar-refractivity contribution in [3.63, 3.8) is 0 Å². The monoisotopic (exact) mass is 234 g/mol. The molecule has 0 bridgehead atoms. The first-order chi connectivity index (χ1) is 8.31. The van der Waals surface area contributed by atoms with E-state index < -0.39 is 0 Å². The number of allylic oxidation sites excluding steroid dienone is 4. The summed E-state index contributed by atoms with van der Waals surface area (Å²) in [6.45, 7) is 14.0. The van der Waals surface area contributed by atoms with Gasteiger partial charge in [-0.3, -0.25) is 4.90 Å². The molecule has 0 radical (unpaired) electrons. The highest BCUT2D eigenvalue weighted by molar-refractivity contribution is 5.18. The molecule has 0 aromatic carbocycles. The van der Waals surface area contributed by atoms with Crippen molar-refractivity contribution in [3.8, 4) is 0 Å². The van der Waals surface area contributed by atoms with Gasteiger partial charge in [0.2, 0.25) is 0 Å². The number of piperazine rings is 1. The molecule has 0 N–H and O–H groups in total. The van der Waals surface area contributed by atoms with Crippen molar-refractivity contribution in [2.75, 3.05) is 32.7 Å². The van der Waals surface area contributed by atoms with Gasteiger partial charge in [0.15, 0.2) is 0 Å². The van der Waals surface area contributed by atoms with Crippen LogP contribution in [0.1, 0.15) is 26.7 Å². The Labute approximate surface area is 106 Å². The maximum atomic E-state index is 3.78. The normalized spacial score (nSPS) is 18.9. The summed E-state index contributed by atoms with van der Waals surface area (Å²) < 4.78 is 0. The lowest BCUT2D eigenvalue weighted by Crippen LogP contribution is -2.45. The van der Waals surface area contributed by atoms with Gasteiger partial charge in [-0.05, 0) is 32.4 Å². The molecular weight excluding hydrogens is 208 g/mol. The van der Waals surface area contributed by atoms with Crippen LogP contribution in [0.5, 0.6) is 0 Å². The average Bonchev–Trinajstić information content (AvgIpc) is 2.36. The van der Waals surface area contributed by atoms with Crippen LogP contribution in [-0.4, -0.2) is 42.5 Å². The summed E-state index contributed by atoms with van der Waals surface area (Å²) >= 11 is 0. The molecular formula is C15H26N2. The fraction of sp³-hybridized carbons (Fsp3) is 0.600. The summed E-state index contributed by atoms with van der Waals surface area (Å²) in [4.78, 5) is 5.03. The second-order valence-electron chi connectivity index (χ2n) is 4.48. The van der Waals surface area contributed by atoms with E-state index in [-0.39, 0.29) is 0 Å². The predicted molar refractivity (Wildman–Crippen MR) is 76.0 cm³/mol. The van der Waals surface area contributed by atoms with E-state index in [9.17, 15) is 0 Å². The molecule has 96 valence electrons. The Kier molecular flexibility index (Phi) is 6.71. The number of rotatable bonds is 6. The van der Waals surface area contributed by atoms with Crippen LogP contribution in [0.4, 0.5) is 0 Å². The second-order valence-corrected chi connectivity index (χ2v) is 4.48. The minimum atomic E-state index is 0.953. The van der Waals surface area contributed by atoms with E-state index in [1.807, 2.05) is 6.08 Å². The van der Waals surface area contributed by atoms with E-state index in [4.69, 9.17) is 0 Å². The fourth-order valence-corrected chi connectivity index (χ4v) is 2.22. The van der Waals surface area contributed by atoms with Gasteiger partial charge in [0.05, 0.1) is 0 Å². The zero-order valence-corrected chi connectivity index (χ0v) is 11.4. The Hall–Kier alpha value is -1.02. The molecule has 0 atom stereocenters. The molecule has 0 unspecified atom stereocenters. The van der Waals surface area contributed by atoms with E-state index >= 15 is 0 Å². The molecule has 0 spiro atoms. The Morgan fingerprint density at radius 2 is 1.94 bits per heavy atom. The molecule has 1 fully saturated rings. The van der Waals surface area contributed by atoms with Crippen LogP contribution in [0.25, 0.3) is 0 Å². The van der Waals surface area contributed by atoms with E-state index in [0.29, 0.717) is 0 Å². The van der Waals surface area contributed by atoms with Crippen molar-refractivity contribution in [1.29, 1.82) is 0 Å². The number of hydrogen-bond donors (Lipinski definition) is 0. The molecule has 0 amide bonds. The van der Waals surface area contributed by atoms with Gasteiger partial charge in [0, 0.05) is 31.9 Å². The van der Waals surface area contributed by atoms with Crippen LogP contribution in [0.3, 0.4) is 0 Å². The van der Waals surface area contributed by atoms with Gasteiger partial charge in [0.25, 0.3) is 0 Å². The van der Waals surface area contributed by atoms with Crippen molar-refractivity contribution < 1.29 is 0 Å². The first-order valence-corrected chi connectivity index (χ1v) is 6.72. The lowest BCUT2D eigenvalue weighted by molar-refractivity contribution is 0.162. The summed E-state index contributed by atoms with van der Waals surface area (Å²) in [7, 11) is 0. The third-order valence-corrected chi connectivity index (χ3v) is 3.11. The summed E-state index contributed by atoms with van der Waals surface area (Å²) in [6.07, 6.45) is 10.8. The maximum absolute atomic E-state index is 3.78. The molecule has 17 heavy (non-hydrogen) atoms. The first kappa shape index (κ1) is 14.0. The maximum Gasteiger partial charge on any atom is 0.0326 e. The lowest BCUT2D eigenvalue weighted by atomic mass is 10.2. The number of hydrogen-bond acceptors (Lipinski definition) is 2. The van der Waals surface area contributed by atoms with E-state index in [0.717, 1.165) is 19.5 Å². The summed E-state index contributed by atoms with van der Waals surface area (Å²) in [5.41, 5.74) is 1.35. The lowest BCUT2D eigenvalue weighted by Gasteiger charge is -2.36. The minimum absolute atomic E-state index is 0.953. The summed E-state index contributed by atoms with van der Waals surface area (Å²) in [6, 6.07) is 0. The van der Waals surface area contributed by atoms with Gasteiger partial charge in [-0.25, -0.2) is 0 Å². The smallest absolute Gasteiger partial charge is 0.0326 e. The van der Waals surface area contributed by atoms with Crippen LogP contribution < -0.4 is 0 Å². The van der Waals surface area contributed by atoms with Crippen molar-refractivity contribution in [1.82, 2.24) is 9.80 Å². The van der Waals surface area contributed by atoms with Gasteiger partial charge in [-0.15, -0.1) is 6.58 Å². The Bertz CT molecular complexity index is 271. The van der Waals surface area contributed by atoms with Crippen molar-refractivity contribution >= 4 is 0 Å². The van der Waals surface area contributed by atoms with E-state index in [2.05, 4.69) is 48.5 Å². The molecule has 0 saturated carbocycles. The van der Waals surface area contributed by atoms with Crippen LogP contribution in [0.15, 0.2) is 36.6 Å².